The molecular formula is C14H16ClN3O. The van der Waals surface area contributed by atoms with Crippen molar-refractivity contribution in [2.24, 2.45) is 7.05 Å². The van der Waals surface area contributed by atoms with Crippen LogP contribution in [-0.4, -0.2) is 20.5 Å². The molecule has 0 atom stereocenters. The van der Waals surface area contributed by atoms with Crippen LogP contribution in [0, 0.1) is 6.92 Å². The van der Waals surface area contributed by atoms with Gasteiger partial charge in [-0.05, 0) is 31.0 Å². The fraction of sp³-hybridized carbons (Fsp3) is 0.357. The molecule has 0 saturated carbocycles. The molecule has 2 rings (SSSR count). The van der Waals surface area contributed by atoms with Crippen molar-refractivity contribution >= 4 is 17.4 Å². The molecule has 0 aromatic carbocycles. The molecule has 0 bridgehead atoms. The molecule has 0 unspecified atom stereocenters. The Bertz CT molecular complexity index is 578. The third kappa shape index (κ3) is 3.41. The van der Waals surface area contributed by atoms with E-state index in [2.05, 4.69) is 10.1 Å². The molecule has 5 heteroatoms. The highest BCUT2D eigenvalue weighted by Gasteiger charge is 2.14. The number of nitrogens with zero attached hydrogens (tertiary/aromatic N) is 3. The van der Waals surface area contributed by atoms with Crippen LogP contribution in [0.4, 0.5) is 0 Å². The van der Waals surface area contributed by atoms with Crippen LogP contribution in [-0.2, 0) is 24.7 Å². The molecule has 0 saturated heterocycles. The number of ketones is 1. The van der Waals surface area contributed by atoms with E-state index in [-0.39, 0.29) is 5.78 Å². The van der Waals surface area contributed by atoms with Gasteiger partial charge >= 0.3 is 0 Å². The van der Waals surface area contributed by atoms with E-state index in [4.69, 9.17) is 11.6 Å². The summed E-state index contributed by atoms with van der Waals surface area (Å²) in [6.45, 7) is 1.87. The summed E-state index contributed by atoms with van der Waals surface area (Å²) in [5.74, 6) is 0.176. The maximum absolute atomic E-state index is 12.0. The van der Waals surface area contributed by atoms with E-state index in [9.17, 15) is 4.79 Å². The van der Waals surface area contributed by atoms with Gasteiger partial charge in [0.25, 0.3) is 0 Å². The van der Waals surface area contributed by atoms with E-state index in [1.165, 1.54) is 0 Å². The van der Waals surface area contributed by atoms with Crippen molar-refractivity contribution in [2.75, 3.05) is 0 Å². The Morgan fingerprint density at radius 2 is 2.05 bits per heavy atom. The van der Waals surface area contributed by atoms with Gasteiger partial charge in [0.15, 0.2) is 0 Å². The van der Waals surface area contributed by atoms with Gasteiger partial charge in [-0.1, -0.05) is 11.6 Å². The Hall–Kier alpha value is -1.68. The van der Waals surface area contributed by atoms with Gasteiger partial charge in [-0.25, -0.2) is 0 Å². The second-order valence-corrected chi connectivity index (χ2v) is 4.91. The van der Waals surface area contributed by atoms with Gasteiger partial charge in [-0.2, -0.15) is 5.10 Å². The van der Waals surface area contributed by atoms with Gasteiger partial charge in [-0.3, -0.25) is 14.5 Å². The first kappa shape index (κ1) is 13.7. The van der Waals surface area contributed by atoms with Crippen molar-refractivity contribution in [3.8, 4) is 0 Å². The van der Waals surface area contributed by atoms with Crippen LogP contribution < -0.4 is 0 Å². The van der Waals surface area contributed by atoms with E-state index in [0.29, 0.717) is 18.0 Å². The minimum Gasteiger partial charge on any atom is -0.299 e. The van der Waals surface area contributed by atoms with Gasteiger partial charge in [0.05, 0.1) is 5.69 Å². The summed E-state index contributed by atoms with van der Waals surface area (Å²) in [4.78, 5) is 15.9. The van der Waals surface area contributed by atoms with Crippen LogP contribution in [0.3, 0.4) is 0 Å². The lowest BCUT2D eigenvalue weighted by Crippen LogP contribution is -2.05. The van der Waals surface area contributed by atoms with E-state index >= 15 is 0 Å². The van der Waals surface area contributed by atoms with E-state index in [0.717, 1.165) is 23.2 Å². The minimum absolute atomic E-state index is 0.176. The maximum Gasteiger partial charge on any atom is 0.137 e. The van der Waals surface area contributed by atoms with Crippen molar-refractivity contribution in [3.05, 3.63) is 46.5 Å². The number of aromatic nitrogens is 3. The largest absolute Gasteiger partial charge is 0.299 e. The van der Waals surface area contributed by atoms with E-state index < -0.39 is 0 Å². The van der Waals surface area contributed by atoms with Crippen LogP contribution in [0.5, 0.6) is 0 Å². The topological polar surface area (TPSA) is 47.8 Å². The highest BCUT2D eigenvalue weighted by molar-refractivity contribution is 6.30. The van der Waals surface area contributed by atoms with Gasteiger partial charge in [0, 0.05) is 37.8 Å². The average Bonchev–Trinajstić information content (AvgIpc) is 2.64. The molecule has 0 aliphatic carbocycles. The highest BCUT2D eigenvalue weighted by Crippen LogP contribution is 2.20. The molecule has 0 N–H and O–H groups in total. The summed E-state index contributed by atoms with van der Waals surface area (Å²) in [5, 5.41) is 4.76. The molecule has 0 amide bonds. The smallest absolute Gasteiger partial charge is 0.137 e. The Balaban J connectivity index is 1.95. The second kappa shape index (κ2) is 5.97. The second-order valence-electron chi connectivity index (χ2n) is 4.55. The molecule has 0 fully saturated rings. The third-order valence-electron chi connectivity index (χ3n) is 3.09. The molecule has 19 heavy (non-hydrogen) atoms. The first-order valence-electron chi connectivity index (χ1n) is 6.16. The molecule has 0 aliphatic heterocycles. The number of carbonyl (C=O) groups excluding carboxylic acids is 1. The zero-order valence-electron chi connectivity index (χ0n) is 11.1. The summed E-state index contributed by atoms with van der Waals surface area (Å²) in [7, 11) is 1.78. The zero-order valence-corrected chi connectivity index (χ0v) is 11.8. The lowest BCUT2D eigenvalue weighted by Gasteiger charge is -2.02. The van der Waals surface area contributed by atoms with E-state index in [1.807, 2.05) is 19.1 Å². The number of pyridine rings is 1. The first-order chi connectivity index (χ1) is 9.08. The van der Waals surface area contributed by atoms with Crippen LogP contribution in [0.2, 0.25) is 5.15 Å². The summed E-state index contributed by atoms with van der Waals surface area (Å²) < 4.78 is 1.60. The molecule has 2 aromatic heterocycles. The van der Waals surface area contributed by atoms with Crippen molar-refractivity contribution in [1.29, 1.82) is 0 Å². The minimum atomic E-state index is 0.176. The van der Waals surface area contributed by atoms with Gasteiger partial charge in [0.1, 0.15) is 10.9 Å². The Kier molecular flexibility index (Phi) is 4.32. The lowest BCUT2D eigenvalue weighted by molar-refractivity contribution is -0.118. The Labute approximate surface area is 117 Å². The first-order valence-corrected chi connectivity index (χ1v) is 6.54. The fourth-order valence-electron chi connectivity index (χ4n) is 1.99. The summed E-state index contributed by atoms with van der Waals surface area (Å²) in [6, 6.07) is 3.85. The Morgan fingerprint density at radius 1 is 1.37 bits per heavy atom. The molecule has 0 aliphatic rings. The van der Waals surface area contributed by atoms with Crippen LogP contribution in [0.15, 0.2) is 24.5 Å². The number of halogens is 1. The fourth-order valence-corrected chi connectivity index (χ4v) is 2.23. The van der Waals surface area contributed by atoms with Gasteiger partial charge in [-0.15, -0.1) is 0 Å². The molecule has 100 valence electrons. The molecule has 4 nitrogen and oxygen atoms in total. The van der Waals surface area contributed by atoms with Crippen molar-refractivity contribution in [3.63, 3.8) is 0 Å². The molecular weight excluding hydrogens is 262 g/mol. The molecule has 2 heterocycles. The normalized spacial score (nSPS) is 10.7. The molecule has 0 spiro atoms. The average molecular weight is 278 g/mol. The number of Topliss-reactive ketones (excluding diaryl/α,β-unsaturated/α-hetero) is 1. The van der Waals surface area contributed by atoms with Crippen molar-refractivity contribution < 1.29 is 4.79 Å². The predicted molar refractivity (Wildman–Crippen MR) is 74.2 cm³/mol. The van der Waals surface area contributed by atoms with Gasteiger partial charge < -0.3 is 0 Å². The standard InChI is InChI=1S/C14H16ClN3O/c1-10-13(14(15)18(2)17-10)9-12(19)4-3-11-5-7-16-8-6-11/h5-8H,3-4,9H2,1-2H3. The third-order valence-corrected chi connectivity index (χ3v) is 3.56. The maximum atomic E-state index is 12.0. The number of carbonyl (C=O) groups is 1. The lowest BCUT2D eigenvalue weighted by atomic mass is 10.0. The summed E-state index contributed by atoms with van der Waals surface area (Å²) >= 11 is 6.12. The summed E-state index contributed by atoms with van der Waals surface area (Å²) in [6.07, 6.45) is 5.07. The summed E-state index contributed by atoms with van der Waals surface area (Å²) in [5.41, 5.74) is 2.78. The van der Waals surface area contributed by atoms with E-state index in [1.54, 1.807) is 24.1 Å². The number of hydrogen-bond acceptors (Lipinski definition) is 3. The van der Waals surface area contributed by atoms with Crippen LogP contribution in [0.1, 0.15) is 23.2 Å². The molecule has 0 radical (unpaired) electrons. The van der Waals surface area contributed by atoms with Crippen molar-refractivity contribution in [1.82, 2.24) is 14.8 Å². The zero-order chi connectivity index (χ0) is 13.8. The number of aryl methyl sites for hydroxylation is 3. The predicted octanol–water partition coefficient (Wildman–Crippen LogP) is 2.52. The highest BCUT2D eigenvalue weighted by atomic mass is 35.5. The Morgan fingerprint density at radius 3 is 2.63 bits per heavy atom. The number of hydrogen-bond donors (Lipinski definition) is 0. The van der Waals surface area contributed by atoms with Crippen LogP contribution >= 0.6 is 11.6 Å². The monoisotopic (exact) mass is 277 g/mol. The molecule has 2 aromatic rings. The SMILES string of the molecule is Cc1nn(C)c(Cl)c1CC(=O)CCc1ccncc1. The number of rotatable bonds is 5. The van der Waals surface area contributed by atoms with Crippen LogP contribution in [0.25, 0.3) is 0 Å². The van der Waals surface area contributed by atoms with Gasteiger partial charge in [0.2, 0.25) is 0 Å². The quantitative estimate of drug-likeness (QED) is 0.844. The van der Waals surface area contributed by atoms with Crippen molar-refractivity contribution in [2.45, 2.75) is 26.2 Å².